The Morgan fingerprint density at radius 3 is 2.62 bits per heavy atom. The van der Waals surface area contributed by atoms with Crippen molar-refractivity contribution in [3.05, 3.63) is 53.2 Å². The summed E-state index contributed by atoms with van der Waals surface area (Å²) >= 11 is 0. The van der Waals surface area contributed by atoms with Crippen molar-refractivity contribution in [2.24, 2.45) is 0 Å². The molecule has 4 nitrogen and oxygen atoms in total. The number of hydrogen-bond acceptors (Lipinski definition) is 4. The third-order valence-electron chi connectivity index (χ3n) is 4.23. The zero-order chi connectivity index (χ0) is 17.1. The number of benzene rings is 1. The first-order valence-electron chi connectivity index (χ1n) is 8.07. The van der Waals surface area contributed by atoms with Crippen LogP contribution in [-0.4, -0.2) is 31.3 Å². The standard InChI is InChI=1S/C18H21F2N3O/c1-12(14-4-3-5-15(19)18(14)20)21-16-6-7-17(22-13(16)2)23-8-10-24-11-9-23/h3-7,12,21H,8-11H2,1-2H3. The minimum absolute atomic E-state index is 0.298. The van der Waals surface area contributed by atoms with Gasteiger partial charge in [-0.15, -0.1) is 0 Å². The van der Waals surface area contributed by atoms with Crippen LogP contribution in [0.2, 0.25) is 0 Å². The normalized spacial score (nSPS) is 16.1. The number of anilines is 2. The summed E-state index contributed by atoms with van der Waals surface area (Å²) in [5.41, 5.74) is 1.93. The van der Waals surface area contributed by atoms with E-state index in [1.807, 2.05) is 19.1 Å². The smallest absolute Gasteiger partial charge is 0.164 e. The average Bonchev–Trinajstić information content (AvgIpc) is 2.59. The fourth-order valence-electron chi connectivity index (χ4n) is 2.83. The van der Waals surface area contributed by atoms with Crippen LogP contribution >= 0.6 is 0 Å². The molecule has 1 aliphatic rings. The molecule has 128 valence electrons. The van der Waals surface area contributed by atoms with Gasteiger partial charge in [-0.25, -0.2) is 13.8 Å². The summed E-state index contributed by atoms with van der Waals surface area (Å²) in [5.74, 6) is -0.738. The van der Waals surface area contributed by atoms with E-state index in [2.05, 4.69) is 15.2 Å². The van der Waals surface area contributed by atoms with E-state index in [1.54, 1.807) is 13.0 Å². The summed E-state index contributed by atoms with van der Waals surface area (Å²) in [6, 6.07) is 7.72. The van der Waals surface area contributed by atoms with Crippen LogP contribution in [0.1, 0.15) is 24.2 Å². The van der Waals surface area contributed by atoms with E-state index in [9.17, 15) is 8.78 Å². The molecule has 0 radical (unpaired) electrons. The molecule has 2 heterocycles. The lowest BCUT2D eigenvalue weighted by Gasteiger charge is -2.28. The summed E-state index contributed by atoms with van der Waals surface area (Å²) < 4.78 is 32.6. The van der Waals surface area contributed by atoms with E-state index < -0.39 is 11.6 Å². The minimum atomic E-state index is -0.835. The summed E-state index contributed by atoms with van der Waals surface area (Å²) in [6.07, 6.45) is 0. The van der Waals surface area contributed by atoms with Crippen molar-refractivity contribution in [3.63, 3.8) is 0 Å². The molecular weight excluding hydrogens is 312 g/mol. The Bertz CT molecular complexity index is 717. The SMILES string of the molecule is Cc1nc(N2CCOCC2)ccc1NC(C)c1cccc(F)c1F. The van der Waals surface area contributed by atoms with Crippen LogP contribution in [-0.2, 0) is 4.74 Å². The molecule has 6 heteroatoms. The number of aromatic nitrogens is 1. The number of aryl methyl sites for hydroxylation is 1. The molecule has 1 saturated heterocycles. The number of morpholine rings is 1. The number of rotatable bonds is 4. The quantitative estimate of drug-likeness (QED) is 0.926. The van der Waals surface area contributed by atoms with Crippen LogP contribution in [0.4, 0.5) is 20.3 Å². The Balaban J connectivity index is 1.76. The van der Waals surface area contributed by atoms with Crippen LogP contribution in [0, 0.1) is 18.6 Å². The largest absolute Gasteiger partial charge is 0.378 e. The maximum atomic E-state index is 13.9. The lowest BCUT2D eigenvalue weighted by molar-refractivity contribution is 0.122. The first-order chi connectivity index (χ1) is 11.6. The molecule has 3 rings (SSSR count). The van der Waals surface area contributed by atoms with Gasteiger partial charge in [-0.05, 0) is 32.0 Å². The lowest BCUT2D eigenvalue weighted by Crippen LogP contribution is -2.36. The molecule has 1 aliphatic heterocycles. The highest BCUT2D eigenvalue weighted by molar-refractivity contribution is 5.54. The van der Waals surface area contributed by atoms with Gasteiger partial charge < -0.3 is 15.0 Å². The molecule has 0 spiro atoms. The van der Waals surface area contributed by atoms with Crippen LogP contribution in [0.15, 0.2) is 30.3 Å². The molecule has 1 fully saturated rings. The van der Waals surface area contributed by atoms with Crippen molar-refractivity contribution in [2.75, 3.05) is 36.5 Å². The Hall–Kier alpha value is -2.21. The Labute approximate surface area is 140 Å². The van der Waals surface area contributed by atoms with Gasteiger partial charge in [0.1, 0.15) is 5.82 Å². The molecule has 1 N–H and O–H groups in total. The van der Waals surface area contributed by atoms with Crippen LogP contribution in [0.25, 0.3) is 0 Å². The maximum Gasteiger partial charge on any atom is 0.164 e. The summed E-state index contributed by atoms with van der Waals surface area (Å²) in [7, 11) is 0. The predicted molar refractivity (Wildman–Crippen MR) is 90.4 cm³/mol. The summed E-state index contributed by atoms with van der Waals surface area (Å²) in [6.45, 7) is 6.76. The maximum absolute atomic E-state index is 13.9. The second-order valence-corrected chi connectivity index (χ2v) is 5.91. The van der Waals surface area contributed by atoms with Crippen molar-refractivity contribution < 1.29 is 13.5 Å². The second-order valence-electron chi connectivity index (χ2n) is 5.91. The molecule has 24 heavy (non-hydrogen) atoms. The number of ether oxygens (including phenoxy) is 1. The number of halogens is 2. The second kappa shape index (κ2) is 7.13. The van der Waals surface area contributed by atoms with E-state index in [0.29, 0.717) is 18.8 Å². The first kappa shape index (κ1) is 16.6. The first-order valence-corrected chi connectivity index (χ1v) is 8.07. The van der Waals surface area contributed by atoms with Gasteiger partial charge in [-0.3, -0.25) is 0 Å². The molecule has 1 aromatic carbocycles. The van der Waals surface area contributed by atoms with Crippen molar-refractivity contribution >= 4 is 11.5 Å². The van der Waals surface area contributed by atoms with Crippen molar-refractivity contribution in [1.82, 2.24) is 4.98 Å². The number of nitrogens with zero attached hydrogens (tertiary/aromatic N) is 2. The van der Waals surface area contributed by atoms with Gasteiger partial charge in [0.2, 0.25) is 0 Å². The zero-order valence-electron chi connectivity index (χ0n) is 13.9. The predicted octanol–water partition coefficient (Wildman–Crippen LogP) is 3.68. The highest BCUT2D eigenvalue weighted by Crippen LogP contribution is 2.26. The molecule has 0 bridgehead atoms. The molecule has 1 unspecified atom stereocenters. The van der Waals surface area contributed by atoms with Crippen LogP contribution < -0.4 is 10.2 Å². The van der Waals surface area contributed by atoms with E-state index >= 15 is 0 Å². The average molecular weight is 333 g/mol. The van der Waals surface area contributed by atoms with Gasteiger partial charge in [0.25, 0.3) is 0 Å². The molecular formula is C18H21F2N3O. The Kier molecular flexibility index (Phi) is 4.94. The lowest BCUT2D eigenvalue weighted by atomic mass is 10.1. The van der Waals surface area contributed by atoms with Gasteiger partial charge in [0, 0.05) is 18.7 Å². The van der Waals surface area contributed by atoms with Gasteiger partial charge >= 0.3 is 0 Å². The number of pyridine rings is 1. The summed E-state index contributed by atoms with van der Waals surface area (Å²) in [4.78, 5) is 6.80. The fraction of sp³-hybridized carbons (Fsp3) is 0.389. The fourth-order valence-corrected chi connectivity index (χ4v) is 2.83. The third kappa shape index (κ3) is 3.48. The van der Waals surface area contributed by atoms with E-state index in [4.69, 9.17) is 4.74 Å². The van der Waals surface area contributed by atoms with Crippen molar-refractivity contribution in [3.8, 4) is 0 Å². The molecule has 1 aromatic heterocycles. The minimum Gasteiger partial charge on any atom is -0.378 e. The van der Waals surface area contributed by atoms with Crippen LogP contribution in [0.5, 0.6) is 0 Å². The highest BCUT2D eigenvalue weighted by Gasteiger charge is 2.17. The highest BCUT2D eigenvalue weighted by atomic mass is 19.2. The van der Waals surface area contributed by atoms with Crippen molar-refractivity contribution in [2.45, 2.75) is 19.9 Å². The van der Waals surface area contributed by atoms with E-state index in [-0.39, 0.29) is 6.04 Å². The number of nitrogens with one attached hydrogen (secondary N) is 1. The van der Waals surface area contributed by atoms with Gasteiger partial charge in [0.05, 0.1) is 30.6 Å². The van der Waals surface area contributed by atoms with Gasteiger partial charge in [-0.2, -0.15) is 0 Å². The molecule has 0 aliphatic carbocycles. The molecule has 0 saturated carbocycles. The van der Waals surface area contributed by atoms with Gasteiger partial charge in [-0.1, -0.05) is 12.1 Å². The molecule has 2 aromatic rings. The van der Waals surface area contributed by atoms with Crippen LogP contribution in [0.3, 0.4) is 0 Å². The summed E-state index contributed by atoms with van der Waals surface area (Å²) in [5, 5.41) is 3.21. The molecule has 0 amide bonds. The monoisotopic (exact) mass is 333 g/mol. The molecule has 1 atom stereocenters. The number of hydrogen-bond donors (Lipinski definition) is 1. The van der Waals surface area contributed by atoms with Crippen molar-refractivity contribution in [1.29, 1.82) is 0 Å². The van der Waals surface area contributed by atoms with E-state index in [1.165, 1.54) is 6.07 Å². The van der Waals surface area contributed by atoms with E-state index in [0.717, 1.165) is 36.4 Å². The Morgan fingerprint density at radius 2 is 1.92 bits per heavy atom. The third-order valence-corrected chi connectivity index (χ3v) is 4.23. The zero-order valence-corrected chi connectivity index (χ0v) is 13.9. The van der Waals surface area contributed by atoms with Gasteiger partial charge in [0.15, 0.2) is 11.6 Å². The topological polar surface area (TPSA) is 37.4 Å². The Morgan fingerprint density at radius 1 is 1.17 bits per heavy atom.